The monoisotopic (exact) mass is 326 g/mol. The number of fused-ring (bicyclic) bond motifs is 1. The van der Waals surface area contributed by atoms with Crippen LogP contribution in [0.4, 0.5) is 4.39 Å². The number of ether oxygens (including phenoxy) is 2. The minimum atomic E-state index is -0.449. The Morgan fingerprint density at radius 3 is 2.77 bits per heavy atom. The second-order valence-electron chi connectivity index (χ2n) is 5.63. The third kappa shape index (κ3) is 2.74. The predicted octanol–water partition coefficient (Wildman–Crippen LogP) is 4.48. The number of rotatable bonds is 4. The number of halogens is 2. The summed E-state index contributed by atoms with van der Waals surface area (Å²) >= 11 is 6.22. The minimum absolute atomic E-state index is 0.146. The van der Waals surface area contributed by atoms with Crippen molar-refractivity contribution < 1.29 is 13.9 Å². The van der Waals surface area contributed by atoms with E-state index in [1.807, 2.05) is 0 Å². The van der Waals surface area contributed by atoms with Gasteiger partial charge in [0.05, 0.1) is 11.6 Å². The number of benzene rings is 1. The van der Waals surface area contributed by atoms with Crippen LogP contribution in [0.3, 0.4) is 0 Å². The van der Waals surface area contributed by atoms with Crippen molar-refractivity contribution in [1.82, 2.24) is 9.55 Å². The molecule has 1 aromatic heterocycles. The Balaban J connectivity index is 2.00. The van der Waals surface area contributed by atoms with E-state index >= 15 is 0 Å². The fourth-order valence-electron chi connectivity index (χ4n) is 2.96. The van der Waals surface area contributed by atoms with E-state index in [-0.39, 0.29) is 11.9 Å². The van der Waals surface area contributed by atoms with Crippen molar-refractivity contribution in [3.05, 3.63) is 16.9 Å². The molecule has 1 fully saturated rings. The second kappa shape index (κ2) is 6.32. The van der Waals surface area contributed by atoms with Crippen LogP contribution in [-0.4, -0.2) is 22.3 Å². The van der Waals surface area contributed by atoms with Crippen LogP contribution in [-0.2, 0) is 7.05 Å². The summed E-state index contributed by atoms with van der Waals surface area (Å²) in [4.78, 5) is 4.38. The van der Waals surface area contributed by atoms with Gasteiger partial charge in [0.1, 0.15) is 17.1 Å². The number of hydrogen-bond donors (Lipinski definition) is 0. The first-order chi connectivity index (χ1) is 10.6. The lowest BCUT2D eigenvalue weighted by atomic mass is 9.98. The highest BCUT2D eigenvalue weighted by Crippen LogP contribution is 2.35. The zero-order valence-electron chi connectivity index (χ0n) is 12.9. The molecule has 0 amide bonds. The average Bonchev–Trinajstić information content (AvgIpc) is 2.84. The van der Waals surface area contributed by atoms with Crippen LogP contribution >= 0.6 is 11.6 Å². The fourth-order valence-corrected chi connectivity index (χ4v) is 3.19. The van der Waals surface area contributed by atoms with E-state index in [0.29, 0.717) is 28.7 Å². The highest BCUT2D eigenvalue weighted by Gasteiger charge is 2.23. The number of imidazole rings is 1. The molecule has 0 N–H and O–H groups in total. The predicted molar refractivity (Wildman–Crippen MR) is 84.4 cm³/mol. The molecule has 0 radical (unpaired) electrons. The van der Waals surface area contributed by atoms with Crippen molar-refractivity contribution in [2.75, 3.05) is 6.61 Å². The van der Waals surface area contributed by atoms with E-state index in [1.54, 1.807) is 18.5 Å². The van der Waals surface area contributed by atoms with Gasteiger partial charge in [-0.1, -0.05) is 18.0 Å². The minimum Gasteiger partial charge on any atom is -0.491 e. The molecule has 3 rings (SSSR count). The molecule has 6 heteroatoms. The van der Waals surface area contributed by atoms with Gasteiger partial charge in [-0.15, -0.1) is 0 Å². The van der Waals surface area contributed by atoms with Crippen LogP contribution in [0, 0.1) is 5.82 Å². The summed E-state index contributed by atoms with van der Waals surface area (Å²) in [5.74, 6) is -0.304. The highest BCUT2D eigenvalue weighted by atomic mass is 35.5. The Morgan fingerprint density at radius 1 is 1.36 bits per heavy atom. The third-order valence-electron chi connectivity index (χ3n) is 4.09. The van der Waals surface area contributed by atoms with Crippen LogP contribution in [0.5, 0.6) is 11.8 Å². The van der Waals surface area contributed by atoms with Crippen molar-refractivity contribution in [1.29, 1.82) is 0 Å². The van der Waals surface area contributed by atoms with E-state index < -0.39 is 5.82 Å². The lowest BCUT2D eigenvalue weighted by molar-refractivity contribution is 0.138. The Bertz CT molecular complexity index is 681. The van der Waals surface area contributed by atoms with Crippen molar-refractivity contribution >= 4 is 22.6 Å². The SMILES string of the molecule is CCOc1cc(Cl)c2nc(OC3CCCCC3)n(C)c2c1F. The van der Waals surface area contributed by atoms with E-state index in [0.717, 1.165) is 25.7 Å². The zero-order chi connectivity index (χ0) is 15.7. The maximum absolute atomic E-state index is 14.6. The Morgan fingerprint density at radius 2 is 2.09 bits per heavy atom. The van der Waals surface area contributed by atoms with Crippen LogP contribution in [0.15, 0.2) is 6.07 Å². The molecule has 0 spiro atoms. The molecule has 2 aromatic rings. The molecule has 0 unspecified atom stereocenters. The quantitative estimate of drug-likeness (QED) is 0.831. The van der Waals surface area contributed by atoms with Crippen molar-refractivity contribution in [3.63, 3.8) is 0 Å². The third-order valence-corrected chi connectivity index (χ3v) is 4.37. The van der Waals surface area contributed by atoms with Crippen molar-refractivity contribution in [2.45, 2.75) is 45.1 Å². The summed E-state index contributed by atoms with van der Waals surface area (Å²) < 4.78 is 27.5. The molecule has 0 atom stereocenters. The van der Waals surface area contributed by atoms with Gasteiger partial charge < -0.3 is 9.47 Å². The maximum atomic E-state index is 14.6. The Hall–Kier alpha value is -1.49. The summed E-state index contributed by atoms with van der Waals surface area (Å²) in [6.07, 6.45) is 5.77. The van der Waals surface area contributed by atoms with Gasteiger partial charge in [0.25, 0.3) is 6.01 Å². The Kier molecular flexibility index (Phi) is 4.43. The van der Waals surface area contributed by atoms with Crippen LogP contribution < -0.4 is 9.47 Å². The van der Waals surface area contributed by atoms with Gasteiger partial charge in [-0.3, -0.25) is 4.57 Å². The number of aryl methyl sites for hydroxylation is 1. The summed E-state index contributed by atoms with van der Waals surface area (Å²) in [5.41, 5.74) is 0.734. The number of nitrogens with zero attached hydrogens (tertiary/aromatic N) is 2. The summed E-state index contributed by atoms with van der Waals surface area (Å²) in [6.45, 7) is 2.18. The first kappa shape index (κ1) is 15.4. The molecule has 120 valence electrons. The summed E-state index contributed by atoms with van der Waals surface area (Å²) in [6, 6.07) is 1.89. The summed E-state index contributed by atoms with van der Waals surface area (Å²) in [5, 5.41) is 0.369. The van der Waals surface area contributed by atoms with E-state index in [4.69, 9.17) is 21.1 Å². The topological polar surface area (TPSA) is 36.3 Å². The molecular weight excluding hydrogens is 307 g/mol. The molecule has 1 aliphatic rings. The zero-order valence-corrected chi connectivity index (χ0v) is 13.6. The molecular formula is C16H20ClFN2O2. The Labute approximate surface area is 134 Å². The summed E-state index contributed by atoms with van der Waals surface area (Å²) in [7, 11) is 1.74. The standard InChI is InChI=1S/C16H20ClFN2O2/c1-3-21-12-9-11(17)14-15(13(12)18)20(2)16(19-14)22-10-7-5-4-6-8-10/h9-10H,3-8H2,1-2H3. The largest absolute Gasteiger partial charge is 0.491 e. The molecule has 4 nitrogen and oxygen atoms in total. The fraction of sp³-hybridized carbons (Fsp3) is 0.562. The van der Waals surface area contributed by atoms with Gasteiger partial charge in [0, 0.05) is 13.1 Å². The molecule has 0 bridgehead atoms. The molecule has 0 aliphatic heterocycles. The van der Waals surface area contributed by atoms with Gasteiger partial charge in [-0.05, 0) is 32.6 Å². The van der Waals surface area contributed by atoms with Gasteiger partial charge in [-0.2, -0.15) is 4.98 Å². The van der Waals surface area contributed by atoms with Crippen molar-refractivity contribution in [3.8, 4) is 11.8 Å². The van der Waals surface area contributed by atoms with Gasteiger partial charge in [-0.25, -0.2) is 4.39 Å². The maximum Gasteiger partial charge on any atom is 0.297 e. The lowest BCUT2D eigenvalue weighted by Gasteiger charge is -2.22. The molecule has 1 heterocycles. The first-order valence-corrected chi connectivity index (χ1v) is 8.13. The van der Waals surface area contributed by atoms with E-state index in [2.05, 4.69) is 4.98 Å². The van der Waals surface area contributed by atoms with Crippen molar-refractivity contribution in [2.24, 2.45) is 7.05 Å². The van der Waals surface area contributed by atoms with Crippen LogP contribution in [0.1, 0.15) is 39.0 Å². The van der Waals surface area contributed by atoms with Gasteiger partial charge in [0.15, 0.2) is 11.6 Å². The van der Waals surface area contributed by atoms with Gasteiger partial charge in [0.2, 0.25) is 0 Å². The molecule has 22 heavy (non-hydrogen) atoms. The molecule has 0 saturated heterocycles. The molecule has 1 saturated carbocycles. The highest BCUT2D eigenvalue weighted by molar-refractivity contribution is 6.35. The second-order valence-corrected chi connectivity index (χ2v) is 6.04. The molecule has 1 aromatic carbocycles. The lowest BCUT2D eigenvalue weighted by Crippen LogP contribution is -2.21. The van der Waals surface area contributed by atoms with E-state index in [1.165, 1.54) is 12.5 Å². The first-order valence-electron chi connectivity index (χ1n) is 7.75. The smallest absolute Gasteiger partial charge is 0.297 e. The number of aromatic nitrogens is 2. The van der Waals surface area contributed by atoms with E-state index in [9.17, 15) is 4.39 Å². The average molecular weight is 327 g/mol. The normalized spacial score (nSPS) is 16.2. The van der Waals surface area contributed by atoms with Crippen LogP contribution in [0.25, 0.3) is 11.0 Å². The number of hydrogen-bond acceptors (Lipinski definition) is 3. The van der Waals surface area contributed by atoms with Crippen LogP contribution in [0.2, 0.25) is 5.02 Å². The molecule has 1 aliphatic carbocycles. The van der Waals surface area contributed by atoms with Gasteiger partial charge >= 0.3 is 0 Å².